The van der Waals surface area contributed by atoms with Crippen LogP contribution >= 0.6 is 45.2 Å². The highest BCUT2D eigenvalue weighted by Crippen LogP contribution is 2.24. The third kappa shape index (κ3) is 2.17. The second-order valence-electron chi connectivity index (χ2n) is 3.58. The Morgan fingerprint density at radius 2 is 2.00 bits per heavy atom. The molecule has 0 fully saturated rings. The van der Waals surface area contributed by atoms with Crippen molar-refractivity contribution >= 4 is 56.2 Å². The molecule has 0 unspecified atom stereocenters. The summed E-state index contributed by atoms with van der Waals surface area (Å²) in [6, 6.07) is 10.0. The van der Waals surface area contributed by atoms with E-state index in [4.69, 9.17) is 0 Å². The highest BCUT2D eigenvalue weighted by molar-refractivity contribution is 14.1. The zero-order chi connectivity index (χ0) is 11.8. The van der Waals surface area contributed by atoms with Gasteiger partial charge in [0.2, 0.25) is 0 Å². The highest BCUT2D eigenvalue weighted by atomic mass is 127. The maximum Gasteiger partial charge on any atom is 0.157 e. The molecule has 5 heteroatoms. The molecule has 0 atom stereocenters. The molecule has 3 nitrogen and oxygen atoms in total. The summed E-state index contributed by atoms with van der Waals surface area (Å²) in [5.41, 5.74) is 2.93. The number of nitrogens with one attached hydrogen (secondary N) is 1. The van der Waals surface area contributed by atoms with Gasteiger partial charge >= 0.3 is 0 Å². The van der Waals surface area contributed by atoms with Gasteiger partial charge in [-0.25, -0.2) is 4.98 Å². The number of rotatable bonds is 1. The number of hydrogen-bond acceptors (Lipinski definition) is 2. The molecule has 0 amide bonds. The van der Waals surface area contributed by atoms with Crippen LogP contribution < -0.4 is 0 Å². The fourth-order valence-electron chi connectivity index (χ4n) is 1.67. The first-order valence-corrected chi connectivity index (χ1v) is 7.16. The topological polar surface area (TPSA) is 41.6 Å². The van der Waals surface area contributed by atoms with E-state index in [0.29, 0.717) is 0 Å². The third-order valence-corrected chi connectivity index (χ3v) is 3.86. The normalized spacial score (nSPS) is 10.9. The van der Waals surface area contributed by atoms with Crippen LogP contribution in [0.25, 0.3) is 22.6 Å². The summed E-state index contributed by atoms with van der Waals surface area (Å²) in [5, 5.41) is 0. The molecule has 0 aliphatic carbocycles. The summed E-state index contributed by atoms with van der Waals surface area (Å²) in [4.78, 5) is 12.2. The van der Waals surface area contributed by atoms with Crippen molar-refractivity contribution in [3.63, 3.8) is 0 Å². The molecule has 0 saturated heterocycles. The van der Waals surface area contributed by atoms with Crippen molar-refractivity contribution in [3.8, 4) is 11.5 Å². The summed E-state index contributed by atoms with van der Waals surface area (Å²) in [6.07, 6.45) is 1.78. The van der Waals surface area contributed by atoms with Crippen LogP contribution in [0.5, 0.6) is 0 Å². The first-order chi connectivity index (χ1) is 8.24. The minimum atomic E-state index is 0.820. The first-order valence-electron chi connectivity index (χ1n) is 5.00. The van der Waals surface area contributed by atoms with Crippen molar-refractivity contribution in [2.75, 3.05) is 0 Å². The molecule has 0 spiro atoms. The molecule has 2 aromatic heterocycles. The zero-order valence-corrected chi connectivity index (χ0v) is 12.9. The van der Waals surface area contributed by atoms with Crippen LogP contribution in [0.15, 0.2) is 36.5 Å². The predicted octanol–water partition coefficient (Wildman–Crippen LogP) is 3.83. The van der Waals surface area contributed by atoms with E-state index in [9.17, 15) is 0 Å². The number of benzene rings is 1. The molecule has 2 heterocycles. The Morgan fingerprint density at radius 3 is 2.76 bits per heavy atom. The second-order valence-corrected chi connectivity index (χ2v) is 5.99. The number of H-pyrrole nitrogens is 1. The van der Waals surface area contributed by atoms with Gasteiger partial charge in [-0.05, 0) is 69.4 Å². The number of fused-ring (bicyclic) bond motifs is 1. The lowest BCUT2D eigenvalue weighted by Gasteiger charge is -1.93. The molecular weight excluding hydrogens is 440 g/mol. The van der Waals surface area contributed by atoms with Crippen molar-refractivity contribution in [1.82, 2.24) is 15.0 Å². The number of hydrogen-bond donors (Lipinski definition) is 1. The molecule has 0 aliphatic heterocycles. The van der Waals surface area contributed by atoms with E-state index in [2.05, 4.69) is 72.3 Å². The highest BCUT2D eigenvalue weighted by Gasteiger charge is 2.09. The van der Waals surface area contributed by atoms with Crippen LogP contribution in [0.4, 0.5) is 0 Å². The van der Waals surface area contributed by atoms with Gasteiger partial charge in [0.1, 0.15) is 11.2 Å². The summed E-state index contributed by atoms with van der Waals surface area (Å²) >= 11 is 4.62. The number of aromatic nitrogens is 3. The Hall–Kier alpha value is -0.700. The molecule has 84 valence electrons. The van der Waals surface area contributed by atoms with Gasteiger partial charge in [0.05, 0.1) is 5.52 Å². The van der Waals surface area contributed by atoms with Crippen molar-refractivity contribution in [1.29, 1.82) is 0 Å². The Bertz CT molecular complexity index is 677. The lowest BCUT2D eigenvalue weighted by Crippen LogP contribution is -1.83. The van der Waals surface area contributed by atoms with Crippen molar-refractivity contribution in [2.24, 2.45) is 0 Å². The molecule has 3 aromatic rings. The fourth-order valence-corrected chi connectivity index (χ4v) is 3.63. The van der Waals surface area contributed by atoms with Gasteiger partial charge in [0.25, 0.3) is 0 Å². The quantitative estimate of drug-likeness (QED) is 0.577. The lowest BCUT2D eigenvalue weighted by atomic mass is 10.3. The molecule has 3 rings (SSSR count). The van der Waals surface area contributed by atoms with Crippen LogP contribution in [-0.4, -0.2) is 15.0 Å². The van der Waals surface area contributed by atoms with Gasteiger partial charge in [0, 0.05) is 13.3 Å². The van der Waals surface area contributed by atoms with Crippen molar-refractivity contribution in [2.45, 2.75) is 0 Å². The van der Waals surface area contributed by atoms with E-state index >= 15 is 0 Å². The summed E-state index contributed by atoms with van der Waals surface area (Å²) in [7, 11) is 0. The van der Waals surface area contributed by atoms with Crippen LogP contribution in [0.2, 0.25) is 0 Å². The average molecular weight is 447 g/mol. The number of nitrogens with zero attached hydrogens (tertiary/aromatic N) is 2. The number of halogens is 2. The van der Waals surface area contributed by atoms with Gasteiger partial charge in [-0.15, -0.1) is 0 Å². The Morgan fingerprint density at radius 1 is 1.12 bits per heavy atom. The maximum atomic E-state index is 4.59. The zero-order valence-electron chi connectivity index (χ0n) is 8.61. The van der Waals surface area contributed by atoms with Gasteiger partial charge in [-0.2, -0.15) is 0 Å². The third-order valence-electron chi connectivity index (χ3n) is 2.41. The number of pyridine rings is 1. The molecule has 0 bridgehead atoms. The van der Waals surface area contributed by atoms with E-state index in [1.807, 2.05) is 18.2 Å². The maximum absolute atomic E-state index is 4.59. The summed E-state index contributed by atoms with van der Waals surface area (Å²) < 4.78 is 2.36. The smallest absolute Gasteiger partial charge is 0.157 e. The monoisotopic (exact) mass is 447 g/mol. The standard InChI is InChI=1S/C12H7I2N3/c13-7-5-8(14)11-10(6-7)16-12(17-11)9-3-1-2-4-15-9/h1-6H,(H,16,17). The SMILES string of the molecule is Ic1cc(I)c2nc(-c3ccccn3)[nH]c2c1. The Kier molecular flexibility index (Phi) is 3.03. The number of aromatic amines is 1. The first kappa shape index (κ1) is 11.4. The van der Waals surface area contributed by atoms with Gasteiger partial charge in [-0.3, -0.25) is 4.98 Å². The molecule has 0 aliphatic rings. The molecule has 17 heavy (non-hydrogen) atoms. The van der Waals surface area contributed by atoms with Crippen LogP contribution in [0.1, 0.15) is 0 Å². The number of imidazole rings is 1. The summed E-state index contributed by atoms with van der Waals surface area (Å²) in [6.45, 7) is 0. The Balaban J connectivity index is 2.24. The van der Waals surface area contributed by atoms with Gasteiger partial charge < -0.3 is 4.98 Å². The van der Waals surface area contributed by atoms with E-state index < -0.39 is 0 Å². The van der Waals surface area contributed by atoms with Crippen LogP contribution in [-0.2, 0) is 0 Å². The van der Waals surface area contributed by atoms with Crippen LogP contribution in [0.3, 0.4) is 0 Å². The molecule has 0 radical (unpaired) electrons. The van der Waals surface area contributed by atoms with Gasteiger partial charge in [0.15, 0.2) is 5.82 Å². The molecule has 0 saturated carbocycles. The van der Waals surface area contributed by atoms with Crippen LogP contribution in [0, 0.1) is 7.14 Å². The lowest BCUT2D eigenvalue weighted by molar-refractivity contribution is 1.24. The van der Waals surface area contributed by atoms with Crippen molar-refractivity contribution in [3.05, 3.63) is 43.7 Å². The van der Waals surface area contributed by atoms with E-state index in [-0.39, 0.29) is 0 Å². The molecule has 1 aromatic carbocycles. The minimum Gasteiger partial charge on any atom is -0.337 e. The average Bonchev–Trinajstić information content (AvgIpc) is 2.74. The van der Waals surface area contributed by atoms with Crippen molar-refractivity contribution < 1.29 is 0 Å². The Labute approximate surface area is 125 Å². The van der Waals surface area contributed by atoms with E-state index in [1.165, 1.54) is 3.57 Å². The largest absolute Gasteiger partial charge is 0.337 e. The molecular formula is C12H7I2N3. The fraction of sp³-hybridized carbons (Fsp3) is 0. The second kappa shape index (κ2) is 4.52. The van der Waals surface area contributed by atoms with Gasteiger partial charge in [-0.1, -0.05) is 6.07 Å². The predicted molar refractivity (Wildman–Crippen MR) is 84.8 cm³/mol. The molecule has 1 N–H and O–H groups in total. The summed E-state index contributed by atoms with van der Waals surface area (Å²) in [5.74, 6) is 0.820. The van der Waals surface area contributed by atoms with E-state index in [1.54, 1.807) is 6.20 Å². The minimum absolute atomic E-state index is 0.820. The van der Waals surface area contributed by atoms with E-state index in [0.717, 1.165) is 26.1 Å².